The molecule has 0 aliphatic carbocycles. The zero-order valence-corrected chi connectivity index (χ0v) is 15.3. The number of amides is 1. The molecule has 6 heteroatoms. The average molecular weight is 361 g/mol. The second-order valence-electron chi connectivity index (χ2n) is 5.90. The Morgan fingerprint density at radius 1 is 1.12 bits per heavy atom. The number of rotatable bonds is 8. The van der Waals surface area contributed by atoms with Crippen molar-refractivity contribution in [1.82, 2.24) is 5.32 Å². The van der Waals surface area contributed by atoms with E-state index >= 15 is 0 Å². The van der Waals surface area contributed by atoms with Crippen LogP contribution in [-0.4, -0.2) is 27.2 Å². The molecule has 0 heterocycles. The van der Waals surface area contributed by atoms with Gasteiger partial charge in [0.05, 0.1) is 18.6 Å². The molecule has 0 spiro atoms. The molecular weight excluding hydrogens is 338 g/mol. The van der Waals surface area contributed by atoms with Gasteiger partial charge in [0.15, 0.2) is 9.84 Å². The van der Waals surface area contributed by atoms with Gasteiger partial charge >= 0.3 is 0 Å². The summed E-state index contributed by atoms with van der Waals surface area (Å²) in [5.74, 6) is 0.234. The Morgan fingerprint density at radius 2 is 1.88 bits per heavy atom. The fourth-order valence-corrected chi connectivity index (χ4v) is 3.84. The van der Waals surface area contributed by atoms with Crippen LogP contribution in [0.25, 0.3) is 0 Å². The number of benzene rings is 2. The summed E-state index contributed by atoms with van der Waals surface area (Å²) in [7, 11) is -1.75. The van der Waals surface area contributed by atoms with Crippen molar-refractivity contribution >= 4 is 15.7 Å². The van der Waals surface area contributed by atoms with Crippen molar-refractivity contribution in [2.75, 3.05) is 12.9 Å². The lowest BCUT2D eigenvalue weighted by Crippen LogP contribution is -2.25. The molecule has 0 fully saturated rings. The van der Waals surface area contributed by atoms with Crippen LogP contribution in [0.5, 0.6) is 5.75 Å². The quantitative estimate of drug-likeness (QED) is 0.784. The molecule has 0 unspecified atom stereocenters. The Hall–Kier alpha value is -2.34. The maximum atomic E-state index is 12.2. The summed E-state index contributed by atoms with van der Waals surface area (Å²) in [6.45, 7) is 2.22. The minimum Gasteiger partial charge on any atom is -0.497 e. The van der Waals surface area contributed by atoms with Gasteiger partial charge in [-0.25, -0.2) is 8.42 Å². The summed E-state index contributed by atoms with van der Waals surface area (Å²) in [6, 6.07) is 14.7. The highest BCUT2D eigenvalue weighted by Crippen LogP contribution is 2.13. The second kappa shape index (κ2) is 8.67. The highest BCUT2D eigenvalue weighted by Gasteiger charge is 2.15. The molecule has 25 heavy (non-hydrogen) atoms. The highest BCUT2D eigenvalue weighted by atomic mass is 32.2. The normalized spacial score (nSPS) is 11.1. The number of ether oxygens (including phenoxy) is 1. The summed E-state index contributed by atoms with van der Waals surface area (Å²) < 4.78 is 29.6. The Bertz CT molecular complexity index is 831. The van der Waals surface area contributed by atoms with Crippen molar-refractivity contribution in [3.63, 3.8) is 0 Å². The topological polar surface area (TPSA) is 72.5 Å². The number of carbonyl (C=O) groups is 1. The third kappa shape index (κ3) is 6.23. The number of aryl methyl sites for hydroxylation is 1. The van der Waals surface area contributed by atoms with E-state index in [1.807, 2.05) is 49.4 Å². The molecule has 2 rings (SSSR count). The first-order chi connectivity index (χ1) is 11.9. The lowest BCUT2D eigenvalue weighted by Gasteiger charge is -2.09. The van der Waals surface area contributed by atoms with E-state index in [2.05, 4.69) is 5.32 Å². The summed E-state index contributed by atoms with van der Waals surface area (Å²) in [4.78, 5) is 11.9. The molecule has 0 saturated heterocycles. The van der Waals surface area contributed by atoms with E-state index in [0.29, 0.717) is 12.3 Å². The first-order valence-electron chi connectivity index (χ1n) is 8.04. The molecule has 0 radical (unpaired) electrons. The number of methoxy groups -OCH3 is 1. The van der Waals surface area contributed by atoms with E-state index in [4.69, 9.17) is 4.74 Å². The first-order valence-corrected chi connectivity index (χ1v) is 9.86. The zero-order valence-electron chi connectivity index (χ0n) is 14.5. The van der Waals surface area contributed by atoms with Crippen LogP contribution in [0.15, 0.2) is 48.5 Å². The number of carbonyl (C=O) groups excluding carboxylic acids is 1. The van der Waals surface area contributed by atoms with Crippen LogP contribution in [0.2, 0.25) is 0 Å². The van der Waals surface area contributed by atoms with Crippen molar-refractivity contribution in [3.8, 4) is 5.75 Å². The molecule has 0 aliphatic heterocycles. The van der Waals surface area contributed by atoms with Crippen LogP contribution in [0.3, 0.4) is 0 Å². The summed E-state index contributed by atoms with van der Waals surface area (Å²) in [5, 5.41) is 2.74. The van der Waals surface area contributed by atoms with E-state index in [1.54, 1.807) is 13.2 Å². The second-order valence-corrected chi connectivity index (χ2v) is 8.08. The van der Waals surface area contributed by atoms with Crippen LogP contribution in [0.4, 0.5) is 0 Å². The van der Waals surface area contributed by atoms with Crippen molar-refractivity contribution in [3.05, 3.63) is 65.2 Å². The van der Waals surface area contributed by atoms with E-state index in [1.165, 1.54) is 0 Å². The van der Waals surface area contributed by atoms with Gasteiger partial charge in [-0.1, -0.05) is 36.4 Å². The number of hydrogen-bond acceptors (Lipinski definition) is 4. The van der Waals surface area contributed by atoms with Crippen LogP contribution in [0.1, 0.15) is 23.1 Å². The summed E-state index contributed by atoms with van der Waals surface area (Å²) in [5.41, 5.74) is 2.61. The molecule has 0 bridgehead atoms. The fraction of sp³-hybridized carbons (Fsp3) is 0.316. The molecule has 2 aromatic rings. The maximum Gasteiger partial charge on any atom is 0.221 e. The predicted molar refractivity (Wildman–Crippen MR) is 98.1 cm³/mol. The van der Waals surface area contributed by atoms with Crippen molar-refractivity contribution < 1.29 is 17.9 Å². The van der Waals surface area contributed by atoms with Crippen molar-refractivity contribution in [2.45, 2.75) is 25.6 Å². The van der Waals surface area contributed by atoms with Crippen LogP contribution in [-0.2, 0) is 26.9 Å². The lowest BCUT2D eigenvalue weighted by atomic mass is 10.1. The van der Waals surface area contributed by atoms with Gasteiger partial charge in [0.1, 0.15) is 5.75 Å². The molecule has 134 valence electrons. The maximum absolute atomic E-state index is 12.2. The molecular formula is C19H23NO4S. The molecule has 0 atom stereocenters. The molecule has 2 aromatic carbocycles. The van der Waals surface area contributed by atoms with Gasteiger partial charge in [-0.2, -0.15) is 0 Å². The lowest BCUT2D eigenvalue weighted by molar-refractivity contribution is -0.120. The predicted octanol–water partition coefficient (Wildman–Crippen LogP) is 2.62. The number of hydrogen-bond donors (Lipinski definition) is 1. The Labute approximate surface area is 148 Å². The fourth-order valence-electron chi connectivity index (χ4n) is 2.40. The molecule has 1 N–H and O–H groups in total. The third-order valence-electron chi connectivity index (χ3n) is 3.90. The van der Waals surface area contributed by atoms with Gasteiger partial charge in [0, 0.05) is 13.0 Å². The Kier molecular flexibility index (Phi) is 6.58. The largest absolute Gasteiger partial charge is 0.497 e. The molecule has 0 saturated carbocycles. The monoisotopic (exact) mass is 361 g/mol. The summed E-state index contributed by atoms with van der Waals surface area (Å²) >= 11 is 0. The Morgan fingerprint density at radius 3 is 2.60 bits per heavy atom. The van der Waals surface area contributed by atoms with E-state index < -0.39 is 9.84 Å². The van der Waals surface area contributed by atoms with Crippen LogP contribution in [0, 0.1) is 6.92 Å². The van der Waals surface area contributed by atoms with Gasteiger partial charge in [-0.05, 0) is 35.7 Å². The molecule has 5 nitrogen and oxygen atoms in total. The zero-order chi connectivity index (χ0) is 18.3. The van der Waals surface area contributed by atoms with Crippen molar-refractivity contribution in [2.24, 2.45) is 0 Å². The van der Waals surface area contributed by atoms with E-state index in [9.17, 15) is 13.2 Å². The van der Waals surface area contributed by atoms with Gasteiger partial charge in [-0.15, -0.1) is 0 Å². The average Bonchev–Trinajstić information content (AvgIpc) is 2.60. The van der Waals surface area contributed by atoms with Crippen LogP contribution < -0.4 is 10.1 Å². The number of nitrogens with one attached hydrogen (secondary N) is 1. The van der Waals surface area contributed by atoms with Gasteiger partial charge < -0.3 is 10.1 Å². The third-order valence-corrected chi connectivity index (χ3v) is 5.48. The van der Waals surface area contributed by atoms with Gasteiger partial charge in [-0.3, -0.25) is 4.79 Å². The minimum atomic E-state index is -3.33. The van der Waals surface area contributed by atoms with Gasteiger partial charge in [0.25, 0.3) is 0 Å². The molecule has 0 aromatic heterocycles. The van der Waals surface area contributed by atoms with Crippen LogP contribution >= 0.6 is 0 Å². The smallest absolute Gasteiger partial charge is 0.221 e. The first kappa shape index (κ1) is 19.0. The standard InChI is InChI=1S/C19H23NO4S/c1-15-6-3-4-8-17(15)14-25(22,23)11-10-19(21)20-13-16-7-5-9-18(12-16)24-2/h3-9,12H,10-11,13-14H2,1-2H3,(H,20,21). The Balaban J connectivity index is 1.83. The molecule has 0 aliphatic rings. The SMILES string of the molecule is COc1cccc(CNC(=O)CCS(=O)(=O)Cc2ccccc2C)c1. The van der Waals surface area contributed by atoms with Gasteiger partial charge in [0.2, 0.25) is 5.91 Å². The minimum absolute atomic E-state index is 0.0389. The highest BCUT2D eigenvalue weighted by molar-refractivity contribution is 7.90. The van der Waals surface area contributed by atoms with E-state index in [-0.39, 0.29) is 23.8 Å². The summed E-state index contributed by atoms with van der Waals surface area (Å²) in [6.07, 6.45) is -0.0435. The van der Waals surface area contributed by atoms with Crippen molar-refractivity contribution in [1.29, 1.82) is 0 Å². The van der Waals surface area contributed by atoms with E-state index in [0.717, 1.165) is 16.7 Å². The number of sulfone groups is 1. The molecule has 1 amide bonds.